The normalized spacial score (nSPS) is 13.5. The van der Waals surface area contributed by atoms with Gasteiger partial charge in [0.1, 0.15) is 0 Å². The molecule has 2 aromatic rings. The molecule has 0 aromatic heterocycles. The van der Waals surface area contributed by atoms with E-state index in [1.165, 1.54) is 30.3 Å². The summed E-state index contributed by atoms with van der Waals surface area (Å²) < 4.78 is 0. The summed E-state index contributed by atoms with van der Waals surface area (Å²) in [6.07, 6.45) is 0. The topological polar surface area (TPSA) is 54.5 Å². The van der Waals surface area contributed by atoms with Crippen LogP contribution in [0.4, 0.5) is 5.69 Å². The Kier molecular flexibility index (Phi) is 3.27. The Morgan fingerprint density at radius 2 is 1.52 bits per heavy atom. The van der Waals surface area contributed by atoms with Crippen molar-refractivity contribution in [2.45, 2.75) is 0 Å². The zero-order valence-corrected chi connectivity index (χ0v) is 12.0. The molecule has 0 aliphatic carbocycles. The van der Waals surface area contributed by atoms with Crippen molar-refractivity contribution in [3.8, 4) is 0 Å². The van der Waals surface area contributed by atoms with E-state index >= 15 is 0 Å². The molecule has 2 amide bonds. The van der Waals surface area contributed by atoms with Crippen molar-refractivity contribution in [2.24, 2.45) is 0 Å². The van der Waals surface area contributed by atoms with Gasteiger partial charge in [0.2, 0.25) is 0 Å². The summed E-state index contributed by atoms with van der Waals surface area (Å²) in [4.78, 5) is 37.3. The number of anilines is 1. The van der Waals surface area contributed by atoms with Crippen molar-refractivity contribution in [1.82, 2.24) is 0 Å². The van der Waals surface area contributed by atoms with Crippen LogP contribution in [0.1, 0.15) is 20.7 Å². The summed E-state index contributed by atoms with van der Waals surface area (Å²) >= 11 is 11.6. The predicted octanol–water partition coefficient (Wildman–Crippen LogP) is 3.36. The highest BCUT2D eigenvalue weighted by Gasteiger charge is 2.40. The molecule has 4 nitrogen and oxygen atoms in total. The fourth-order valence-corrected chi connectivity index (χ4v) is 2.43. The van der Waals surface area contributed by atoms with E-state index in [-0.39, 0.29) is 16.8 Å². The fraction of sp³-hybridized carbons (Fsp3) is 0. The van der Waals surface area contributed by atoms with Gasteiger partial charge in [0.15, 0.2) is 0 Å². The number of carbonyl (C=O) groups is 3. The summed E-state index contributed by atoms with van der Waals surface area (Å²) in [6, 6.07) is 10.5. The quantitative estimate of drug-likeness (QED) is 0.598. The fourth-order valence-electron chi connectivity index (χ4n) is 2.13. The van der Waals surface area contributed by atoms with Crippen LogP contribution in [-0.2, 0) is 4.79 Å². The van der Waals surface area contributed by atoms with E-state index in [2.05, 4.69) is 0 Å². The van der Waals surface area contributed by atoms with Gasteiger partial charge >= 0.3 is 5.91 Å². The molecule has 0 radical (unpaired) electrons. The molecule has 0 fully saturated rings. The van der Waals surface area contributed by atoms with Gasteiger partial charge < -0.3 is 0 Å². The first kappa shape index (κ1) is 13.8. The Bertz CT molecular complexity index is 784. The first-order valence-electron chi connectivity index (χ1n) is 5.97. The third-order valence-corrected chi connectivity index (χ3v) is 3.62. The van der Waals surface area contributed by atoms with E-state index < -0.39 is 17.6 Å². The van der Waals surface area contributed by atoms with Crippen molar-refractivity contribution in [2.75, 3.05) is 4.90 Å². The monoisotopic (exact) mass is 319 g/mol. The smallest absolute Gasteiger partial charge is 0.283 e. The molecule has 21 heavy (non-hydrogen) atoms. The van der Waals surface area contributed by atoms with E-state index in [1.807, 2.05) is 0 Å². The van der Waals surface area contributed by atoms with Crippen molar-refractivity contribution >= 4 is 46.5 Å². The molecule has 2 aromatic carbocycles. The molecular weight excluding hydrogens is 313 g/mol. The molecule has 6 heteroatoms. The first-order valence-corrected chi connectivity index (χ1v) is 6.73. The van der Waals surface area contributed by atoms with E-state index in [0.717, 1.165) is 4.90 Å². The number of benzene rings is 2. The summed E-state index contributed by atoms with van der Waals surface area (Å²) in [6.45, 7) is 0. The lowest BCUT2D eigenvalue weighted by molar-refractivity contribution is -0.113. The number of amides is 2. The second-order valence-corrected chi connectivity index (χ2v) is 5.32. The Morgan fingerprint density at radius 3 is 2.19 bits per heavy atom. The number of rotatable bonds is 1. The molecule has 1 aliphatic rings. The Morgan fingerprint density at radius 1 is 0.905 bits per heavy atom. The minimum Gasteiger partial charge on any atom is -0.283 e. The molecule has 0 saturated heterocycles. The molecular formula is C15H7Cl2NO3. The molecule has 0 N–H and O–H groups in total. The van der Waals surface area contributed by atoms with Gasteiger partial charge in [-0.15, -0.1) is 0 Å². The molecule has 0 atom stereocenters. The van der Waals surface area contributed by atoms with E-state index in [4.69, 9.17) is 23.2 Å². The number of halogens is 2. The van der Waals surface area contributed by atoms with Crippen LogP contribution in [0, 0.1) is 0 Å². The lowest BCUT2D eigenvalue weighted by atomic mass is 10.1. The van der Waals surface area contributed by atoms with Crippen LogP contribution in [0.3, 0.4) is 0 Å². The SMILES string of the molecule is O=C1C(=O)N(C(=O)c2ccc(Cl)cc2)c2ccc(Cl)cc21. The molecule has 104 valence electrons. The molecule has 0 unspecified atom stereocenters. The van der Waals surface area contributed by atoms with Crippen LogP contribution in [0.2, 0.25) is 10.0 Å². The maximum absolute atomic E-state index is 12.4. The molecule has 0 saturated carbocycles. The van der Waals surface area contributed by atoms with Crippen LogP contribution in [0.25, 0.3) is 0 Å². The lowest BCUT2D eigenvalue weighted by Gasteiger charge is -2.14. The van der Waals surface area contributed by atoms with Crippen molar-refractivity contribution < 1.29 is 14.4 Å². The van der Waals surface area contributed by atoms with E-state index in [9.17, 15) is 14.4 Å². The summed E-state index contributed by atoms with van der Waals surface area (Å²) in [5, 5.41) is 0.804. The third kappa shape index (κ3) is 2.22. The second kappa shape index (κ2) is 4.98. The van der Waals surface area contributed by atoms with Crippen molar-refractivity contribution in [3.63, 3.8) is 0 Å². The van der Waals surface area contributed by atoms with Gasteiger partial charge in [0.25, 0.3) is 11.7 Å². The second-order valence-electron chi connectivity index (χ2n) is 4.44. The predicted molar refractivity (Wildman–Crippen MR) is 79.1 cm³/mol. The number of fused-ring (bicyclic) bond motifs is 1. The Labute approximate surface area is 129 Å². The highest BCUT2D eigenvalue weighted by Crippen LogP contribution is 2.32. The third-order valence-electron chi connectivity index (χ3n) is 3.14. The average Bonchev–Trinajstić information content (AvgIpc) is 2.71. The zero-order valence-electron chi connectivity index (χ0n) is 10.5. The van der Waals surface area contributed by atoms with E-state index in [0.29, 0.717) is 10.0 Å². The number of imide groups is 1. The highest BCUT2D eigenvalue weighted by molar-refractivity contribution is 6.57. The molecule has 3 rings (SSSR count). The number of ketones is 1. The van der Waals surface area contributed by atoms with Crippen molar-refractivity contribution in [1.29, 1.82) is 0 Å². The number of carbonyl (C=O) groups excluding carboxylic acids is 3. The van der Waals surface area contributed by atoms with Gasteiger partial charge in [-0.2, -0.15) is 0 Å². The zero-order chi connectivity index (χ0) is 15.1. The van der Waals surface area contributed by atoms with Crippen LogP contribution >= 0.6 is 23.2 Å². The van der Waals surface area contributed by atoms with Crippen LogP contribution < -0.4 is 4.90 Å². The number of nitrogens with zero attached hydrogens (tertiary/aromatic N) is 1. The van der Waals surface area contributed by atoms with Crippen LogP contribution in [-0.4, -0.2) is 17.6 Å². The van der Waals surface area contributed by atoms with Gasteiger partial charge in [-0.3, -0.25) is 14.4 Å². The maximum Gasteiger partial charge on any atom is 0.306 e. The average molecular weight is 320 g/mol. The van der Waals surface area contributed by atoms with Gasteiger partial charge in [-0.05, 0) is 42.5 Å². The Balaban J connectivity index is 2.07. The summed E-state index contributed by atoms with van der Waals surface area (Å²) in [5.41, 5.74) is 0.646. The summed E-state index contributed by atoms with van der Waals surface area (Å²) in [7, 11) is 0. The van der Waals surface area contributed by atoms with E-state index in [1.54, 1.807) is 12.1 Å². The molecule has 1 aliphatic heterocycles. The lowest BCUT2D eigenvalue weighted by Crippen LogP contribution is -2.35. The standard InChI is InChI=1S/C15H7Cl2NO3/c16-9-3-1-8(2-4-9)14(20)18-12-6-5-10(17)7-11(12)13(19)15(18)21/h1-7H. The van der Waals surface area contributed by atoms with Gasteiger partial charge in [0, 0.05) is 15.6 Å². The first-order chi connectivity index (χ1) is 9.99. The maximum atomic E-state index is 12.4. The minimum absolute atomic E-state index is 0.134. The largest absolute Gasteiger partial charge is 0.306 e. The van der Waals surface area contributed by atoms with Gasteiger partial charge in [-0.1, -0.05) is 23.2 Å². The van der Waals surface area contributed by atoms with Crippen molar-refractivity contribution in [3.05, 3.63) is 63.6 Å². The van der Waals surface area contributed by atoms with Gasteiger partial charge in [0.05, 0.1) is 11.3 Å². The summed E-state index contributed by atoms with van der Waals surface area (Å²) in [5.74, 6) is -2.20. The molecule has 0 spiro atoms. The highest BCUT2D eigenvalue weighted by atomic mass is 35.5. The number of hydrogen-bond acceptors (Lipinski definition) is 3. The molecule has 1 heterocycles. The minimum atomic E-state index is -0.882. The number of Topliss-reactive ketones (excluding diaryl/α,β-unsaturated/α-hetero) is 1. The Hall–Kier alpha value is -2.17. The van der Waals surface area contributed by atoms with Crippen LogP contribution in [0.15, 0.2) is 42.5 Å². The number of hydrogen-bond donors (Lipinski definition) is 0. The van der Waals surface area contributed by atoms with Crippen LogP contribution in [0.5, 0.6) is 0 Å². The van der Waals surface area contributed by atoms with Gasteiger partial charge in [-0.25, -0.2) is 4.90 Å². The molecule has 0 bridgehead atoms.